The lowest BCUT2D eigenvalue weighted by atomic mass is 10.5. The zero-order chi connectivity index (χ0) is 11.7. The van der Waals surface area contributed by atoms with Gasteiger partial charge in [0.15, 0.2) is 0 Å². The first-order valence-corrected chi connectivity index (χ1v) is 8.12. The smallest absolute Gasteiger partial charge is 0.301 e. The Kier molecular flexibility index (Phi) is 8.17. The van der Waals surface area contributed by atoms with Gasteiger partial charge in [0.25, 0.3) is 0 Å². The molecule has 1 unspecified atom stereocenters. The molecule has 1 atom stereocenters. The molecular formula is C9H18NO3PS. The molecule has 0 bridgehead atoms. The zero-order valence-corrected chi connectivity index (χ0v) is 11.1. The van der Waals surface area contributed by atoms with Crippen molar-refractivity contribution >= 4 is 18.2 Å². The third-order valence-corrected chi connectivity index (χ3v) is 5.21. The Balaban J connectivity index is 4.15. The maximum Gasteiger partial charge on any atom is 0.389 e. The molecule has 0 saturated carbocycles. The van der Waals surface area contributed by atoms with E-state index in [1.807, 2.05) is 26.8 Å². The minimum Gasteiger partial charge on any atom is -0.301 e. The zero-order valence-electron chi connectivity index (χ0n) is 9.43. The summed E-state index contributed by atoms with van der Waals surface area (Å²) in [5.41, 5.74) is 0. The molecule has 6 heteroatoms. The third-order valence-electron chi connectivity index (χ3n) is 1.26. The van der Waals surface area contributed by atoms with Crippen LogP contribution in [0.5, 0.6) is 0 Å². The molecule has 4 nitrogen and oxygen atoms in total. The van der Waals surface area contributed by atoms with Gasteiger partial charge in [0.05, 0.1) is 18.8 Å². The number of nitriles is 1. The Labute approximate surface area is 95.6 Å². The van der Waals surface area contributed by atoms with Crippen LogP contribution in [0.25, 0.3) is 0 Å². The van der Waals surface area contributed by atoms with Crippen LogP contribution in [0, 0.1) is 11.3 Å². The van der Waals surface area contributed by atoms with Crippen molar-refractivity contribution in [3.8, 4) is 6.07 Å². The highest BCUT2D eigenvalue weighted by molar-refractivity contribution is 8.55. The maximum atomic E-state index is 12.1. The maximum absolute atomic E-state index is 12.1. The lowest BCUT2D eigenvalue weighted by Gasteiger charge is -2.19. The van der Waals surface area contributed by atoms with Gasteiger partial charge in [0.2, 0.25) is 0 Å². The second kappa shape index (κ2) is 8.18. The molecule has 0 aliphatic heterocycles. The molecule has 15 heavy (non-hydrogen) atoms. The molecule has 0 N–H and O–H groups in total. The van der Waals surface area contributed by atoms with Gasteiger partial charge in [-0.05, 0) is 31.7 Å². The predicted molar refractivity (Wildman–Crippen MR) is 62.8 cm³/mol. The fourth-order valence-electron chi connectivity index (χ4n) is 0.763. The molecule has 0 aromatic carbocycles. The molecule has 0 aromatic heterocycles. The highest BCUT2D eigenvalue weighted by atomic mass is 32.7. The normalized spacial score (nSPS) is 14.9. The van der Waals surface area contributed by atoms with Crippen molar-refractivity contribution in [3.63, 3.8) is 0 Å². The lowest BCUT2D eigenvalue weighted by molar-refractivity contribution is 0.182. The minimum absolute atomic E-state index is 0.137. The van der Waals surface area contributed by atoms with Gasteiger partial charge >= 0.3 is 6.80 Å². The van der Waals surface area contributed by atoms with Gasteiger partial charge < -0.3 is 4.52 Å². The average molecular weight is 251 g/mol. The Bertz CT molecular complexity index is 252. The van der Waals surface area contributed by atoms with Crippen molar-refractivity contribution in [2.24, 2.45) is 0 Å². The molecule has 0 aliphatic carbocycles. The first-order valence-electron chi connectivity index (χ1n) is 4.98. The molecule has 0 radical (unpaired) electrons. The van der Waals surface area contributed by atoms with Crippen LogP contribution in [0.1, 0.15) is 33.6 Å². The van der Waals surface area contributed by atoms with Crippen molar-refractivity contribution in [1.82, 2.24) is 0 Å². The van der Waals surface area contributed by atoms with Gasteiger partial charge in [-0.15, -0.1) is 0 Å². The van der Waals surface area contributed by atoms with Gasteiger partial charge in [-0.3, -0.25) is 4.52 Å². The summed E-state index contributed by atoms with van der Waals surface area (Å²) in [5.74, 6) is 0.476. The van der Waals surface area contributed by atoms with Crippen LogP contribution in [0.2, 0.25) is 0 Å². The second-order valence-corrected chi connectivity index (χ2v) is 7.32. The summed E-state index contributed by atoms with van der Waals surface area (Å²) in [6.45, 7) is 2.93. The minimum atomic E-state index is -3.06. The first kappa shape index (κ1) is 15.0. The van der Waals surface area contributed by atoms with E-state index < -0.39 is 6.80 Å². The predicted octanol–water partition coefficient (Wildman–Crippen LogP) is 3.59. The molecule has 0 heterocycles. The van der Waals surface area contributed by atoms with Crippen molar-refractivity contribution in [2.45, 2.75) is 39.7 Å². The van der Waals surface area contributed by atoms with Gasteiger partial charge in [0.1, 0.15) is 0 Å². The Morgan fingerprint density at radius 3 is 2.67 bits per heavy atom. The first-order chi connectivity index (χ1) is 7.04. The SMILES string of the molecule is CCCOP(=O)(OC(C)C)SCCC#N. The Morgan fingerprint density at radius 1 is 1.53 bits per heavy atom. The highest BCUT2D eigenvalue weighted by Gasteiger charge is 2.26. The number of rotatable bonds is 8. The fraction of sp³-hybridized carbons (Fsp3) is 0.889. The molecule has 0 aromatic rings. The van der Waals surface area contributed by atoms with Crippen molar-refractivity contribution < 1.29 is 13.6 Å². The Morgan fingerprint density at radius 2 is 2.20 bits per heavy atom. The van der Waals surface area contributed by atoms with Crippen molar-refractivity contribution in [3.05, 3.63) is 0 Å². The lowest BCUT2D eigenvalue weighted by Crippen LogP contribution is -2.02. The van der Waals surface area contributed by atoms with E-state index in [-0.39, 0.29) is 6.10 Å². The summed E-state index contributed by atoms with van der Waals surface area (Å²) in [7, 11) is 0. The van der Waals surface area contributed by atoms with Gasteiger partial charge in [0, 0.05) is 12.2 Å². The van der Waals surface area contributed by atoms with E-state index in [4.69, 9.17) is 14.3 Å². The van der Waals surface area contributed by atoms with Crippen LogP contribution in [0.3, 0.4) is 0 Å². The van der Waals surface area contributed by atoms with Crippen molar-refractivity contribution in [1.29, 1.82) is 5.26 Å². The summed E-state index contributed by atoms with van der Waals surface area (Å²) < 4.78 is 22.6. The van der Waals surface area contributed by atoms with E-state index in [1.165, 1.54) is 0 Å². The molecular weight excluding hydrogens is 233 g/mol. The standard InChI is InChI=1S/C9H18NO3PS/c1-4-7-12-14(11,13-9(2)3)15-8-5-6-10/h9H,4-5,7-8H2,1-3H3. The number of hydrogen-bond donors (Lipinski definition) is 0. The molecule has 0 fully saturated rings. The molecule has 0 rings (SSSR count). The van der Waals surface area contributed by atoms with Gasteiger partial charge in [-0.1, -0.05) is 6.92 Å². The molecule has 88 valence electrons. The summed E-state index contributed by atoms with van der Waals surface area (Å²) in [6, 6.07) is 2.00. The van der Waals surface area contributed by atoms with Crippen LogP contribution in [0.4, 0.5) is 0 Å². The van der Waals surface area contributed by atoms with E-state index in [1.54, 1.807) is 0 Å². The third kappa shape index (κ3) is 7.87. The number of hydrogen-bond acceptors (Lipinski definition) is 5. The summed E-state index contributed by atoms with van der Waals surface area (Å²) in [5, 5.41) is 8.39. The van der Waals surface area contributed by atoms with E-state index in [2.05, 4.69) is 0 Å². The van der Waals surface area contributed by atoms with Crippen LogP contribution in [-0.2, 0) is 13.6 Å². The molecule has 0 saturated heterocycles. The van der Waals surface area contributed by atoms with Crippen LogP contribution in [0.15, 0.2) is 0 Å². The second-order valence-electron chi connectivity index (χ2n) is 3.18. The fourth-order valence-corrected chi connectivity index (χ4v) is 4.38. The topological polar surface area (TPSA) is 59.3 Å². The summed E-state index contributed by atoms with van der Waals surface area (Å²) in [6.07, 6.45) is 1.01. The van der Waals surface area contributed by atoms with Crippen LogP contribution in [-0.4, -0.2) is 18.5 Å². The molecule has 0 amide bonds. The molecule has 0 spiro atoms. The van der Waals surface area contributed by atoms with Gasteiger partial charge in [-0.25, -0.2) is 4.57 Å². The Hall–Kier alpha value is -0.01000. The van der Waals surface area contributed by atoms with E-state index >= 15 is 0 Å². The van der Waals surface area contributed by atoms with Crippen LogP contribution >= 0.6 is 18.2 Å². The van der Waals surface area contributed by atoms with E-state index in [0.29, 0.717) is 18.8 Å². The summed E-state index contributed by atoms with van der Waals surface area (Å²) >= 11 is 1.11. The molecule has 0 aliphatic rings. The van der Waals surface area contributed by atoms with E-state index in [9.17, 15) is 4.57 Å². The average Bonchev–Trinajstić information content (AvgIpc) is 2.14. The van der Waals surface area contributed by atoms with E-state index in [0.717, 1.165) is 17.8 Å². The van der Waals surface area contributed by atoms with Crippen molar-refractivity contribution in [2.75, 3.05) is 12.4 Å². The van der Waals surface area contributed by atoms with Crippen LogP contribution < -0.4 is 0 Å². The quantitative estimate of drug-likeness (QED) is 0.487. The number of nitrogens with zero attached hydrogens (tertiary/aromatic N) is 1. The monoisotopic (exact) mass is 251 g/mol. The largest absolute Gasteiger partial charge is 0.389 e. The highest BCUT2D eigenvalue weighted by Crippen LogP contribution is 2.61. The van der Waals surface area contributed by atoms with Gasteiger partial charge in [-0.2, -0.15) is 5.26 Å². The summed E-state index contributed by atoms with van der Waals surface area (Å²) in [4.78, 5) is 0.